The van der Waals surface area contributed by atoms with E-state index in [2.05, 4.69) is 18.3 Å². The molecule has 0 unspecified atom stereocenters. The monoisotopic (exact) mass is 338 g/mol. The molecule has 0 atom stereocenters. The normalized spacial score (nSPS) is 9.96. The fraction of sp³-hybridized carbons (Fsp3) is 0.300. The molecule has 2 rings (SSSR count). The lowest BCUT2D eigenvalue weighted by atomic mass is 10.1. The van der Waals surface area contributed by atoms with E-state index in [0.717, 1.165) is 11.1 Å². The van der Waals surface area contributed by atoms with E-state index < -0.39 is 0 Å². The number of nitrogens with one attached hydrogen (secondary N) is 1. The van der Waals surface area contributed by atoms with Crippen molar-refractivity contribution in [1.29, 1.82) is 5.26 Å². The van der Waals surface area contributed by atoms with E-state index >= 15 is 0 Å². The van der Waals surface area contributed by atoms with E-state index in [0.29, 0.717) is 31.1 Å². The third-order valence-electron chi connectivity index (χ3n) is 3.85. The van der Waals surface area contributed by atoms with Gasteiger partial charge in [-0.05, 0) is 42.2 Å². The van der Waals surface area contributed by atoms with Crippen LogP contribution < -0.4 is 14.8 Å². The molecule has 5 nitrogen and oxygen atoms in total. The van der Waals surface area contributed by atoms with Crippen LogP contribution in [0.5, 0.6) is 11.5 Å². The molecule has 1 amide bonds. The van der Waals surface area contributed by atoms with Crippen molar-refractivity contribution < 1.29 is 14.3 Å². The Balaban J connectivity index is 2.00. The molecule has 2 aromatic rings. The number of rotatable bonds is 8. The van der Waals surface area contributed by atoms with Crippen LogP contribution in [0.15, 0.2) is 42.5 Å². The van der Waals surface area contributed by atoms with Crippen molar-refractivity contribution in [2.45, 2.75) is 26.4 Å². The first-order valence-electron chi connectivity index (χ1n) is 8.12. The average Bonchev–Trinajstić information content (AvgIpc) is 2.61. The molecular formula is C20H22N2O3. The summed E-state index contributed by atoms with van der Waals surface area (Å²) >= 11 is 0. The lowest BCUT2D eigenvalue weighted by Crippen LogP contribution is -2.24. The van der Waals surface area contributed by atoms with Gasteiger partial charge in [0.1, 0.15) is 13.0 Å². The van der Waals surface area contributed by atoms with Crippen molar-refractivity contribution in [2.75, 3.05) is 13.7 Å². The maximum Gasteiger partial charge on any atom is 0.234 e. The number of methoxy groups -OCH3 is 1. The smallest absolute Gasteiger partial charge is 0.234 e. The molecule has 25 heavy (non-hydrogen) atoms. The fourth-order valence-corrected chi connectivity index (χ4v) is 2.40. The number of ether oxygens (including phenoxy) is 2. The second-order valence-corrected chi connectivity index (χ2v) is 5.64. The number of hydrogen-bond acceptors (Lipinski definition) is 4. The fourth-order valence-electron chi connectivity index (χ4n) is 2.40. The molecule has 0 spiro atoms. The van der Waals surface area contributed by atoms with E-state index in [1.807, 2.05) is 42.5 Å². The summed E-state index contributed by atoms with van der Waals surface area (Å²) in [5.74, 6) is 1.09. The summed E-state index contributed by atoms with van der Waals surface area (Å²) in [5.41, 5.74) is 3.33. The predicted molar refractivity (Wildman–Crippen MR) is 95.4 cm³/mol. The summed E-state index contributed by atoms with van der Waals surface area (Å²) in [6.45, 7) is 2.99. The maximum absolute atomic E-state index is 11.3. The number of nitrogens with zero attached hydrogens (tertiary/aromatic N) is 1. The van der Waals surface area contributed by atoms with Crippen molar-refractivity contribution in [3.8, 4) is 17.6 Å². The van der Waals surface area contributed by atoms with E-state index in [9.17, 15) is 4.79 Å². The third-order valence-corrected chi connectivity index (χ3v) is 3.85. The molecule has 0 aromatic heterocycles. The van der Waals surface area contributed by atoms with Gasteiger partial charge in [0.05, 0.1) is 13.2 Å². The maximum atomic E-state index is 11.3. The third kappa shape index (κ3) is 5.54. The van der Waals surface area contributed by atoms with Gasteiger partial charge >= 0.3 is 0 Å². The van der Waals surface area contributed by atoms with Crippen LogP contribution in [0.3, 0.4) is 0 Å². The summed E-state index contributed by atoms with van der Waals surface area (Å²) in [6, 6.07) is 15.6. The molecule has 0 aliphatic carbocycles. The molecule has 0 fully saturated rings. The molecule has 0 saturated heterocycles. The molecule has 2 aromatic carbocycles. The predicted octanol–water partition coefficient (Wildman–Crippen LogP) is 3.16. The summed E-state index contributed by atoms with van der Waals surface area (Å²) < 4.78 is 11.3. The summed E-state index contributed by atoms with van der Waals surface area (Å²) in [7, 11) is 1.61. The number of hydrogen-bond donors (Lipinski definition) is 1. The molecule has 0 aliphatic heterocycles. The largest absolute Gasteiger partial charge is 0.493 e. The van der Waals surface area contributed by atoms with Gasteiger partial charge in [0.15, 0.2) is 11.5 Å². The average molecular weight is 338 g/mol. The molecular weight excluding hydrogens is 316 g/mol. The Morgan fingerprint density at radius 2 is 2.00 bits per heavy atom. The lowest BCUT2D eigenvalue weighted by molar-refractivity contribution is -0.120. The molecule has 130 valence electrons. The van der Waals surface area contributed by atoms with Crippen LogP contribution in [0.25, 0.3) is 0 Å². The van der Waals surface area contributed by atoms with Crippen molar-refractivity contribution in [2.24, 2.45) is 0 Å². The van der Waals surface area contributed by atoms with Crippen molar-refractivity contribution >= 4 is 5.91 Å². The van der Waals surface area contributed by atoms with Crippen LogP contribution in [0, 0.1) is 18.3 Å². The second kappa shape index (κ2) is 9.33. The van der Waals surface area contributed by atoms with E-state index in [-0.39, 0.29) is 12.3 Å². The topological polar surface area (TPSA) is 71.3 Å². The molecule has 0 radical (unpaired) electrons. The Morgan fingerprint density at radius 1 is 1.20 bits per heavy atom. The number of carbonyl (C=O) groups is 1. The lowest BCUT2D eigenvalue weighted by Gasteiger charge is -2.13. The van der Waals surface area contributed by atoms with Gasteiger partial charge in [-0.25, -0.2) is 0 Å². The SMILES string of the molecule is COc1ccc(CCNC(=O)CC#N)cc1OCc1ccccc1C. The summed E-state index contributed by atoms with van der Waals surface area (Å²) in [6.07, 6.45) is 0.537. The Kier molecular flexibility index (Phi) is 6.85. The van der Waals surface area contributed by atoms with Crippen LogP contribution in [0.4, 0.5) is 0 Å². The second-order valence-electron chi connectivity index (χ2n) is 5.64. The molecule has 0 heterocycles. The van der Waals surface area contributed by atoms with Crippen molar-refractivity contribution in [3.05, 3.63) is 59.2 Å². The quantitative estimate of drug-likeness (QED) is 0.802. The first-order valence-corrected chi connectivity index (χ1v) is 8.12. The molecule has 1 N–H and O–H groups in total. The highest BCUT2D eigenvalue weighted by molar-refractivity contribution is 5.77. The van der Waals surface area contributed by atoms with Gasteiger partial charge in [-0.15, -0.1) is 0 Å². The minimum atomic E-state index is -0.257. The zero-order valence-electron chi connectivity index (χ0n) is 14.5. The van der Waals surface area contributed by atoms with Gasteiger partial charge in [0, 0.05) is 6.54 Å². The molecule has 0 bridgehead atoms. The highest BCUT2D eigenvalue weighted by Gasteiger charge is 2.08. The molecule has 0 aliphatic rings. The van der Waals surface area contributed by atoms with E-state index in [4.69, 9.17) is 14.7 Å². The van der Waals surface area contributed by atoms with Crippen LogP contribution in [-0.4, -0.2) is 19.6 Å². The summed E-state index contributed by atoms with van der Waals surface area (Å²) in [4.78, 5) is 11.3. The molecule has 5 heteroatoms. The summed E-state index contributed by atoms with van der Waals surface area (Å²) in [5, 5.41) is 11.2. The van der Waals surface area contributed by atoms with Crippen LogP contribution in [0.2, 0.25) is 0 Å². The number of carbonyl (C=O) groups excluding carboxylic acids is 1. The van der Waals surface area contributed by atoms with Gasteiger partial charge in [0.2, 0.25) is 5.91 Å². The Hall–Kier alpha value is -3.00. The van der Waals surface area contributed by atoms with E-state index in [1.165, 1.54) is 5.56 Å². The van der Waals surface area contributed by atoms with Gasteiger partial charge in [-0.3, -0.25) is 4.79 Å². The number of amides is 1. The van der Waals surface area contributed by atoms with Crippen LogP contribution in [-0.2, 0) is 17.8 Å². The minimum absolute atomic E-state index is 0.118. The minimum Gasteiger partial charge on any atom is -0.493 e. The van der Waals surface area contributed by atoms with Gasteiger partial charge in [-0.1, -0.05) is 30.3 Å². The Morgan fingerprint density at radius 3 is 2.72 bits per heavy atom. The van der Waals surface area contributed by atoms with Crippen molar-refractivity contribution in [3.63, 3.8) is 0 Å². The Labute approximate surface area is 148 Å². The zero-order valence-corrected chi connectivity index (χ0v) is 14.5. The highest BCUT2D eigenvalue weighted by Crippen LogP contribution is 2.29. The van der Waals surface area contributed by atoms with Crippen LogP contribution in [0.1, 0.15) is 23.1 Å². The van der Waals surface area contributed by atoms with E-state index in [1.54, 1.807) is 7.11 Å². The zero-order chi connectivity index (χ0) is 18.1. The number of aryl methyl sites for hydroxylation is 1. The van der Waals surface area contributed by atoms with Gasteiger partial charge < -0.3 is 14.8 Å². The van der Waals surface area contributed by atoms with Crippen LogP contribution >= 0.6 is 0 Å². The first kappa shape index (κ1) is 18.3. The Bertz CT molecular complexity index is 766. The highest BCUT2D eigenvalue weighted by atomic mass is 16.5. The van der Waals surface area contributed by atoms with Gasteiger partial charge in [0.25, 0.3) is 0 Å². The standard InChI is InChI=1S/C20H22N2O3/c1-15-5-3-4-6-17(15)14-25-19-13-16(7-8-18(19)24-2)10-12-22-20(23)9-11-21/h3-8,13H,9-10,12,14H2,1-2H3,(H,22,23). The number of nitriles is 1. The first-order chi connectivity index (χ1) is 12.1. The van der Waals surface area contributed by atoms with Gasteiger partial charge in [-0.2, -0.15) is 5.26 Å². The molecule has 0 saturated carbocycles. The van der Waals surface area contributed by atoms with Crippen molar-refractivity contribution in [1.82, 2.24) is 5.32 Å². The number of benzene rings is 2.